The second kappa shape index (κ2) is 4.55. The van der Waals surface area contributed by atoms with E-state index in [1.807, 2.05) is 6.92 Å². The highest BCUT2D eigenvalue weighted by Crippen LogP contribution is 2.42. The second-order valence-corrected chi connectivity index (χ2v) is 3.55. The van der Waals surface area contributed by atoms with Gasteiger partial charge in [0, 0.05) is 11.6 Å². The first-order chi connectivity index (χ1) is 6.65. The van der Waals surface area contributed by atoms with E-state index in [0.717, 1.165) is 15.8 Å². The van der Waals surface area contributed by atoms with Crippen LogP contribution < -0.4 is 14.2 Å². The van der Waals surface area contributed by atoms with Crippen LogP contribution in [-0.2, 0) is 0 Å². The van der Waals surface area contributed by atoms with Gasteiger partial charge in [-0.25, -0.2) is 0 Å². The molecule has 1 rings (SSSR count). The number of methoxy groups -OCH3 is 3. The van der Waals surface area contributed by atoms with Gasteiger partial charge in [0.05, 0.1) is 25.8 Å². The normalized spacial score (nSPS) is 9.79. The van der Waals surface area contributed by atoms with Crippen molar-refractivity contribution in [2.24, 2.45) is 0 Å². The van der Waals surface area contributed by atoms with Crippen molar-refractivity contribution >= 4 is 15.9 Å². The highest BCUT2D eigenvalue weighted by molar-refractivity contribution is 9.10. The summed E-state index contributed by atoms with van der Waals surface area (Å²) in [6.45, 7) is 1.95. The molecule has 0 saturated heterocycles. The Balaban J connectivity index is 3.38. The average molecular weight is 261 g/mol. The zero-order chi connectivity index (χ0) is 10.7. The maximum atomic E-state index is 5.22. The van der Waals surface area contributed by atoms with E-state index < -0.39 is 0 Å². The van der Waals surface area contributed by atoms with Crippen LogP contribution in [0, 0.1) is 6.92 Å². The van der Waals surface area contributed by atoms with Gasteiger partial charge in [-0.15, -0.1) is 0 Å². The van der Waals surface area contributed by atoms with Crippen LogP contribution in [0.4, 0.5) is 0 Å². The van der Waals surface area contributed by atoms with E-state index in [9.17, 15) is 0 Å². The molecular formula is C10H13BrO3. The summed E-state index contributed by atoms with van der Waals surface area (Å²) < 4.78 is 16.5. The molecule has 0 N–H and O–H groups in total. The molecule has 0 atom stereocenters. The second-order valence-electron chi connectivity index (χ2n) is 2.75. The van der Waals surface area contributed by atoms with Crippen molar-refractivity contribution in [3.63, 3.8) is 0 Å². The molecule has 0 unspecified atom stereocenters. The van der Waals surface area contributed by atoms with Crippen LogP contribution in [0.15, 0.2) is 10.5 Å². The van der Waals surface area contributed by atoms with Gasteiger partial charge >= 0.3 is 0 Å². The van der Waals surface area contributed by atoms with Crippen molar-refractivity contribution in [1.29, 1.82) is 0 Å². The van der Waals surface area contributed by atoms with Crippen LogP contribution in [0.5, 0.6) is 17.2 Å². The Hall–Kier alpha value is -0.900. The molecule has 0 aromatic heterocycles. The zero-order valence-corrected chi connectivity index (χ0v) is 10.3. The molecule has 0 radical (unpaired) electrons. The molecule has 0 bridgehead atoms. The van der Waals surface area contributed by atoms with Crippen LogP contribution in [0.25, 0.3) is 0 Å². The summed E-state index contributed by atoms with van der Waals surface area (Å²) in [5.41, 5.74) is 0.991. The summed E-state index contributed by atoms with van der Waals surface area (Å²) in [7, 11) is 4.83. The molecule has 78 valence electrons. The summed E-state index contributed by atoms with van der Waals surface area (Å²) in [6.07, 6.45) is 0. The summed E-state index contributed by atoms with van der Waals surface area (Å²) in [4.78, 5) is 0. The highest BCUT2D eigenvalue weighted by Gasteiger charge is 2.15. The number of hydrogen-bond acceptors (Lipinski definition) is 3. The van der Waals surface area contributed by atoms with Gasteiger partial charge in [0.2, 0.25) is 0 Å². The Morgan fingerprint density at radius 3 is 2.00 bits per heavy atom. The number of benzene rings is 1. The Morgan fingerprint density at radius 2 is 1.57 bits per heavy atom. The van der Waals surface area contributed by atoms with E-state index in [2.05, 4.69) is 15.9 Å². The number of rotatable bonds is 3. The van der Waals surface area contributed by atoms with Gasteiger partial charge in [-0.05, 0) is 22.9 Å². The van der Waals surface area contributed by atoms with Gasteiger partial charge in [-0.2, -0.15) is 0 Å². The summed E-state index contributed by atoms with van der Waals surface area (Å²) in [6, 6.07) is 1.80. The summed E-state index contributed by atoms with van der Waals surface area (Å²) in [5.74, 6) is 2.11. The van der Waals surface area contributed by atoms with Crippen LogP contribution >= 0.6 is 15.9 Å². The smallest absolute Gasteiger partial charge is 0.175 e. The fourth-order valence-electron chi connectivity index (χ4n) is 1.23. The molecule has 4 heteroatoms. The lowest BCUT2D eigenvalue weighted by atomic mass is 10.2. The highest BCUT2D eigenvalue weighted by atomic mass is 79.9. The monoisotopic (exact) mass is 260 g/mol. The van der Waals surface area contributed by atoms with E-state index in [1.54, 1.807) is 27.4 Å². The molecule has 1 aromatic rings. The van der Waals surface area contributed by atoms with Crippen LogP contribution in [-0.4, -0.2) is 21.3 Å². The quantitative estimate of drug-likeness (QED) is 0.837. The van der Waals surface area contributed by atoms with Gasteiger partial charge in [-0.1, -0.05) is 0 Å². The first-order valence-electron chi connectivity index (χ1n) is 4.10. The largest absolute Gasteiger partial charge is 0.496 e. The van der Waals surface area contributed by atoms with Crippen molar-refractivity contribution in [3.8, 4) is 17.2 Å². The van der Waals surface area contributed by atoms with Gasteiger partial charge in [0.15, 0.2) is 11.5 Å². The molecule has 0 saturated carbocycles. The molecule has 1 aromatic carbocycles. The lowest BCUT2D eigenvalue weighted by Crippen LogP contribution is -1.96. The molecule has 3 nitrogen and oxygen atoms in total. The molecule has 0 amide bonds. The van der Waals surface area contributed by atoms with Crippen molar-refractivity contribution in [1.82, 2.24) is 0 Å². The fourth-order valence-corrected chi connectivity index (χ4v) is 1.79. The molecule has 0 fully saturated rings. The van der Waals surface area contributed by atoms with Gasteiger partial charge in [-0.3, -0.25) is 0 Å². The topological polar surface area (TPSA) is 27.7 Å². The average Bonchev–Trinajstić information content (AvgIpc) is 2.21. The third-order valence-corrected chi connectivity index (χ3v) is 2.98. The summed E-state index contributed by atoms with van der Waals surface area (Å²) >= 11 is 3.44. The zero-order valence-electron chi connectivity index (χ0n) is 8.68. The van der Waals surface area contributed by atoms with E-state index >= 15 is 0 Å². The number of ether oxygens (including phenoxy) is 3. The molecule has 0 aliphatic rings. The van der Waals surface area contributed by atoms with Gasteiger partial charge < -0.3 is 14.2 Å². The van der Waals surface area contributed by atoms with E-state index in [0.29, 0.717) is 11.5 Å². The Bertz CT molecular complexity index is 337. The maximum absolute atomic E-state index is 5.22. The molecule has 0 spiro atoms. The minimum Gasteiger partial charge on any atom is -0.496 e. The van der Waals surface area contributed by atoms with Crippen molar-refractivity contribution in [2.75, 3.05) is 21.3 Å². The van der Waals surface area contributed by atoms with Gasteiger partial charge in [0.25, 0.3) is 0 Å². The molecular weight excluding hydrogens is 248 g/mol. The van der Waals surface area contributed by atoms with Crippen molar-refractivity contribution in [2.45, 2.75) is 6.92 Å². The number of hydrogen-bond donors (Lipinski definition) is 0. The lowest BCUT2D eigenvalue weighted by Gasteiger charge is -2.14. The molecule has 14 heavy (non-hydrogen) atoms. The lowest BCUT2D eigenvalue weighted by molar-refractivity contribution is 0.346. The first kappa shape index (κ1) is 11.2. The SMILES string of the molecule is COc1cc(OC)c(OC)c(Br)c1C. The first-order valence-corrected chi connectivity index (χ1v) is 4.90. The minimum absolute atomic E-state index is 0.654. The van der Waals surface area contributed by atoms with E-state index in [4.69, 9.17) is 14.2 Å². The Morgan fingerprint density at radius 1 is 1.00 bits per heavy atom. The predicted octanol–water partition coefficient (Wildman–Crippen LogP) is 2.78. The fraction of sp³-hybridized carbons (Fsp3) is 0.400. The van der Waals surface area contributed by atoms with E-state index in [1.165, 1.54) is 0 Å². The molecule has 0 aliphatic carbocycles. The third kappa shape index (κ3) is 1.80. The number of halogens is 1. The summed E-state index contributed by atoms with van der Waals surface area (Å²) in [5, 5.41) is 0. The van der Waals surface area contributed by atoms with Crippen molar-refractivity contribution < 1.29 is 14.2 Å². The predicted molar refractivity (Wildman–Crippen MR) is 58.5 cm³/mol. The standard InChI is InChI=1S/C10H13BrO3/c1-6-7(12-2)5-8(13-3)10(14-4)9(6)11/h5H,1-4H3. The van der Waals surface area contributed by atoms with Gasteiger partial charge in [0.1, 0.15) is 5.75 Å². The van der Waals surface area contributed by atoms with Crippen LogP contribution in [0.3, 0.4) is 0 Å². The third-order valence-electron chi connectivity index (χ3n) is 2.03. The van der Waals surface area contributed by atoms with E-state index in [-0.39, 0.29) is 0 Å². The van der Waals surface area contributed by atoms with Crippen LogP contribution in [0.2, 0.25) is 0 Å². The maximum Gasteiger partial charge on any atom is 0.175 e. The molecule has 0 aliphatic heterocycles. The Kier molecular flexibility index (Phi) is 3.63. The van der Waals surface area contributed by atoms with Crippen molar-refractivity contribution in [3.05, 3.63) is 16.1 Å². The minimum atomic E-state index is 0.654. The molecule has 0 heterocycles. The Labute approximate surface area is 92.1 Å². The van der Waals surface area contributed by atoms with Crippen LogP contribution in [0.1, 0.15) is 5.56 Å².